The van der Waals surface area contributed by atoms with Crippen LogP contribution < -0.4 is 0 Å². The molecule has 0 radical (unpaired) electrons. The molecular weight excluding hydrogens is 336 g/mol. The van der Waals surface area contributed by atoms with Gasteiger partial charge in [-0.2, -0.15) is 16.4 Å². The fraction of sp³-hybridized carbons (Fsp3) is 0.0667. The average molecular weight is 347 g/mol. The molecule has 1 aromatic carbocycles. The highest BCUT2D eigenvalue weighted by Gasteiger charge is 2.14. The van der Waals surface area contributed by atoms with Gasteiger partial charge in [-0.25, -0.2) is 4.68 Å². The zero-order valence-corrected chi connectivity index (χ0v) is 13.1. The maximum Gasteiger partial charge on any atom is 0.153 e. The number of thiophene rings is 1. The molecule has 0 aliphatic rings. The molecule has 2 heterocycles. The zero-order valence-electron chi connectivity index (χ0n) is 10.7. The van der Waals surface area contributed by atoms with Crippen molar-refractivity contribution in [1.29, 1.82) is 0 Å². The summed E-state index contributed by atoms with van der Waals surface area (Å²) < 4.78 is 2.70. The van der Waals surface area contributed by atoms with E-state index in [1.165, 1.54) is 5.56 Å². The van der Waals surface area contributed by atoms with E-state index >= 15 is 0 Å². The first kappa shape index (κ1) is 13.3. The normalized spacial score (nSPS) is 10.7. The third kappa shape index (κ3) is 2.34. The van der Waals surface area contributed by atoms with Crippen molar-refractivity contribution in [2.75, 3.05) is 0 Å². The smallest absolute Gasteiger partial charge is 0.153 e. The molecule has 0 N–H and O–H groups in total. The van der Waals surface area contributed by atoms with Crippen LogP contribution in [-0.4, -0.2) is 16.1 Å². The lowest BCUT2D eigenvalue weighted by molar-refractivity contribution is 0.112. The molecular formula is C15H11BrN2OS. The summed E-state index contributed by atoms with van der Waals surface area (Å²) in [6.07, 6.45) is 2.61. The molecule has 0 aliphatic carbocycles. The Morgan fingerprint density at radius 1 is 1.25 bits per heavy atom. The third-order valence-electron chi connectivity index (χ3n) is 3.04. The number of aldehydes is 1. The first-order valence-electron chi connectivity index (χ1n) is 6.03. The maximum atomic E-state index is 11.3. The number of aromatic nitrogens is 2. The Morgan fingerprint density at radius 3 is 2.60 bits per heavy atom. The van der Waals surface area contributed by atoms with E-state index in [1.807, 2.05) is 41.9 Å². The Balaban J connectivity index is 2.12. The highest BCUT2D eigenvalue weighted by molar-refractivity contribution is 9.10. The number of carbonyl (C=O) groups is 1. The molecule has 0 unspecified atom stereocenters. The predicted molar refractivity (Wildman–Crippen MR) is 84.7 cm³/mol. The van der Waals surface area contributed by atoms with Gasteiger partial charge in [0.05, 0.1) is 11.3 Å². The molecule has 2 aromatic heterocycles. The number of carbonyl (C=O) groups excluding carboxylic acids is 1. The number of nitrogens with zero attached hydrogens (tertiary/aromatic N) is 2. The van der Waals surface area contributed by atoms with E-state index in [1.54, 1.807) is 22.2 Å². The quantitative estimate of drug-likeness (QED) is 0.655. The van der Waals surface area contributed by atoms with E-state index in [-0.39, 0.29) is 0 Å². The van der Waals surface area contributed by atoms with Crippen LogP contribution >= 0.6 is 27.3 Å². The molecule has 3 aromatic rings. The maximum absolute atomic E-state index is 11.3. The van der Waals surface area contributed by atoms with Gasteiger partial charge in [-0.15, -0.1) is 0 Å². The van der Waals surface area contributed by atoms with E-state index in [9.17, 15) is 4.79 Å². The van der Waals surface area contributed by atoms with Crippen LogP contribution in [0.5, 0.6) is 0 Å². The standard InChI is InChI=1S/C15H11BrN2OS/c1-10-2-4-12(5-3-10)18-6-11(7-19)15(17-18)13-8-20-9-14(13)16/h2-9H,1H3. The molecule has 20 heavy (non-hydrogen) atoms. The monoisotopic (exact) mass is 346 g/mol. The Labute approximate surface area is 129 Å². The number of rotatable bonds is 3. The molecule has 0 saturated carbocycles. The lowest BCUT2D eigenvalue weighted by Crippen LogP contribution is -1.94. The number of benzene rings is 1. The minimum absolute atomic E-state index is 0.588. The molecule has 0 bridgehead atoms. The Hall–Kier alpha value is -1.72. The molecule has 0 fully saturated rings. The van der Waals surface area contributed by atoms with Gasteiger partial charge in [0.1, 0.15) is 5.69 Å². The molecule has 100 valence electrons. The van der Waals surface area contributed by atoms with Gasteiger partial charge >= 0.3 is 0 Å². The van der Waals surface area contributed by atoms with Crippen molar-refractivity contribution in [2.24, 2.45) is 0 Å². The molecule has 0 spiro atoms. The second-order valence-electron chi connectivity index (χ2n) is 4.46. The van der Waals surface area contributed by atoms with E-state index < -0.39 is 0 Å². The third-order valence-corrected chi connectivity index (χ3v) is 4.74. The largest absolute Gasteiger partial charge is 0.298 e. The molecule has 0 atom stereocenters. The van der Waals surface area contributed by atoms with Crippen LogP contribution in [0.15, 0.2) is 45.7 Å². The van der Waals surface area contributed by atoms with Crippen molar-refractivity contribution < 1.29 is 4.79 Å². The molecule has 0 saturated heterocycles. The highest BCUT2D eigenvalue weighted by Crippen LogP contribution is 2.32. The van der Waals surface area contributed by atoms with E-state index in [2.05, 4.69) is 21.0 Å². The van der Waals surface area contributed by atoms with Gasteiger partial charge in [0.25, 0.3) is 0 Å². The van der Waals surface area contributed by atoms with Crippen molar-refractivity contribution in [3.05, 3.63) is 56.8 Å². The fourth-order valence-corrected chi connectivity index (χ4v) is 3.43. The number of hydrogen-bond acceptors (Lipinski definition) is 3. The SMILES string of the molecule is Cc1ccc(-n2cc(C=O)c(-c3cscc3Br)n2)cc1. The van der Waals surface area contributed by atoms with Crippen LogP contribution in [0, 0.1) is 6.92 Å². The van der Waals surface area contributed by atoms with Crippen LogP contribution in [0.3, 0.4) is 0 Å². The second-order valence-corrected chi connectivity index (χ2v) is 6.06. The fourth-order valence-electron chi connectivity index (χ4n) is 1.96. The number of hydrogen-bond donors (Lipinski definition) is 0. The summed E-state index contributed by atoms with van der Waals surface area (Å²) in [5, 5.41) is 8.51. The minimum atomic E-state index is 0.588. The molecule has 3 nitrogen and oxygen atoms in total. The Bertz CT molecular complexity index is 759. The van der Waals surface area contributed by atoms with Crippen molar-refractivity contribution in [3.8, 4) is 16.9 Å². The zero-order chi connectivity index (χ0) is 14.1. The van der Waals surface area contributed by atoms with Crippen LogP contribution in [-0.2, 0) is 0 Å². The summed E-state index contributed by atoms with van der Waals surface area (Å²) in [4.78, 5) is 11.3. The molecule has 3 rings (SSSR count). The van der Waals surface area contributed by atoms with Crippen molar-refractivity contribution in [2.45, 2.75) is 6.92 Å². The minimum Gasteiger partial charge on any atom is -0.298 e. The Kier molecular flexibility index (Phi) is 3.54. The first-order chi connectivity index (χ1) is 9.69. The van der Waals surface area contributed by atoms with E-state index in [4.69, 9.17) is 0 Å². The molecule has 5 heteroatoms. The summed E-state index contributed by atoms with van der Waals surface area (Å²) >= 11 is 5.06. The summed E-state index contributed by atoms with van der Waals surface area (Å²) in [5.41, 5.74) is 4.37. The summed E-state index contributed by atoms with van der Waals surface area (Å²) in [6.45, 7) is 2.04. The lowest BCUT2D eigenvalue weighted by atomic mass is 10.2. The molecule has 0 amide bonds. The second kappa shape index (κ2) is 5.34. The van der Waals surface area contributed by atoms with Crippen molar-refractivity contribution in [3.63, 3.8) is 0 Å². The topological polar surface area (TPSA) is 34.9 Å². The van der Waals surface area contributed by atoms with Crippen LogP contribution in [0.2, 0.25) is 0 Å². The van der Waals surface area contributed by atoms with Gasteiger partial charge in [0.2, 0.25) is 0 Å². The van der Waals surface area contributed by atoms with Gasteiger partial charge in [-0.3, -0.25) is 4.79 Å². The number of halogens is 1. The van der Waals surface area contributed by atoms with E-state index in [0.29, 0.717) is 11.3 Å². The van der Waals surface area contributed by atoms with Crippen molar-refractivity contribution in [1.82, 2.24) is 9.78 Å². The molecule has 0 aliphatic heterocycles. The number of aryl methyl sites for hydroxylation is 1. The average Bonchev–Trinajstić information content (AvgIpc) is 3.05. The van der Waals surface area contributed by atoms with Gasteiger partial charge < -0.3 is 0 Å². The summed E-state index contributed by atoms with van der Waals surface area (Å²) in [7, 11) is 0. The van der Waals surface area contributed by atoms with Crippen LogP contribution in [0.4, 0.5) is 0 Å². The first-order valence-corrected chi connectivity index (χ1v) is 7.76. The Morgan fingerprint density at radius 2 is 2.00 bits per heavy atom. The predicted octanol–water partition coefficient (Wildman–Crippen LogP) is 4.48. The lowest BCUT2D eigenvalue weighted by Gasteiger charge is -2.01. The summed E-state index contributed by atoms with van der Waals surface area (Å²) in [6, 6.07) is 8.03. The summed E-state index contributed by atoms with van der Waals surface area (Å²) in [5.74, 6) is 0. The van der Waals surface area contributed by atoms with Gasteiger partial charge in [0, 0.05) is 27.0 Å². The van der Waals surface area contributed by atoms with Gasteiger partial charge in [0.15, 0.2) is 6.29 Å². The van der Waals surface area contributed by atoms with Gasteiger partial charge in [-0.05, 0) is 35.0 Å². The van der Waals surface area contributed by atoms with Crippen molar-refractivity contribution >= 4 is 33.6 Å². The van der Waals surface area contributed by atoms with E-state index in [0.717, 1.165) is 22.0 Å². The van der Waals surface area contributed by atoms with Gasteiger partial charge in [-0.1, -0.05) is 17.7 Å². The van der Waals surface area contributed by atoms with Crippen LogP contribution in [0.25, 0.3) is 16.9 Å². The highest BCUT2D eigenvalue weighted by atomic mass is 79.9. The van der Waals surface area contributed by atoms with Crippen LogP contribution in [0.1, 0.15) is 15.9 Å².